The molecular formula is C134H80N12O2S. The maximum Gasteiger partial charge on any atom is 0.167 e. The molecule has 0 N–H and O–H groups in total. The lowest BCUT2D eigenvalue weighted by molar-refractivity contribution is 0.437. The highest BCUT2D eigenvalue weighted by Crippen LogP contribution is 2.66. The topological polar surface area (TPSA) is 177 Å². The summed E-state index contributed by atoms with van der Waals surface area (Å²) in [4.78, 5) is 66.7. The van der Waals surface area contributed by atoms with Gasteiger partial charge < -0.3 is 9.15 Å². The lowest BCUT2D eigenvalue weighted by Crippen LogP contribution is -2.32. The van der Waals surface area contributed by atoms with Crippen molar-refractivity contribution < 1.29 is 9.15 Å². The number of fused-ring (bicyclic) bond motifs is 21. The van der Waals surface area contributed by atoms with Crippen LogP contribution in [0.5, 0.6) is 11.5 Å². The molecular weight excluding hydrogens is 1840 g/mol. The Labute approximate surface area is 861 Å². The summed E-state index contributed by atoms with van der Waals surface area (Å²) in [6.07, 6.45) is 0. The largest absolute Gasteiger partial charge is 0.456 e. The van der Waals surface area contributed by atoms with Crippen LogP contribution in [0.2, 0.25) is 0 Å². The zero-order chi connectivity index (χ0) is 98.2. The Bertz CT molecular complexity index is 9610. The van der Waals surface area contributed by atoms with Crippen LogP contribution in [0.1, 0.15) is 44.5 Å². The van der Waals surface area contributed by atoms with E-state index in [4.69, 9.17) is 69.0 Å². The molecule has 0 saturated heterocycles. The van der Waals surface area contributed by atoms with Crippen molar-refractivity contribution >= 4 is 33.7 Å². The van der Waals surface area contributed by atoms with Gasteiger partial charge in [0.05, 0.1) is 16.4 Å². The average molecular weight is 1920 g/mol. The van der Waals surface area contributed by atoms with Crippen molar-refractivity contribution in [1.82, 2.24) is 59.8 Å². The molecule has 15 heteroatoms. The van der Waals surface area contributed by atoms with E-state index in [2.05, 4.69) is 346 Å². The molecule has 694 valence electrons. The minimum Gasteiger partial charge on any atom is -0.456 e. The monoisotopic (exact) mass is 1920 g/mol. The van der Waals surface area contributed by atoms with Gasteiger partial charge in [0.2, 0.25) is 0 Å². The molecule has 20 aromatic carbocycles. The van der Waals surface area contributed by atoms with Gasteiger partial charge in [-0.15, -0.1) is 0 Å². The van der Waals surface area contributed by atoms with E-state index < -0.39 is 10.8 Å². The van der Waals surface area contributed by atoms with E-state index in [1.807, 2.05) is 140 Å². The van der Waals surface area contributed by atoms with Crippen molar-refractivity contribution in [2.24, 2.45) is 0 Å². The van der Waals surface area contributed by atoms with Gasteiger partial charge in [0.1, 0.15) is 22.7 Å². The average Bonchev–Trinajstić information content (AvgIpc) is 1.52. The van der Waals surface area contributed by atoms with Crippen molar-refractivity contribution in [1.29, 1.82) is 0 Å². The molecule has 0 fully saturated rings. The second-order valence-corrected chi connectivity index (χ2v) is 39.0. The second-order valence-electron chi connectivity index (χ2n) is 37.9. The molecule has 14 nitrogen and oxygen atoms in total. The molecule has 149 heavy (non-hydrogen) atoms. The van der Waals surface area contributed by atoms with Crippen LogP contribution in [0.25, 0.3) is 225 Å². The summed E-state index contributed by atoms with van der Waals surface area (Å²) in [6, 6.07) is 170. The zero-order valence-corrected chi connectivity index (χ0v) is 80.6. The summed E-state index contributed by atoms with van der Waals surface area (Å²) in [5.74, 6) is 7.93. The highest BCUT2D eigenvalue weighted by molar-refractivity contribution is 7.99. The number of benzene rings is 20. The smallest absolute Gasteiger partial charge is 0.167 e. The van der Waals surface area contributed by atoms with Crippen LogP contribution in [-0.2, 0) is 10.8 Å². The first kappa shape index (κ1) is 86.1. The van der Waals surface area contributed by atoms with E-state index in [-0.39, 0.29) is 0 Å². The van der Waals surface area contributed by atoms with Gasteiger partial charge in [-0.05, 0) is 173 Å². The summed E-state index contributed by atoms with van der Waals surface area (Å²) < 4.78 is 14.2. The molecule has 2 unspecified atom stereocenters. The number of rotatable bonds is 16. The molecule has 5 aromatic heterocycles. The van der Waals surface area contributed by atoms with Gasteiger partial charge in [-0.1, -0.05) is 424 Å². The summed E-state index contributed by atoms with van der Waals surface area (Å²) in [5.41, 5.74) is 31.6. The number of nitrogens with zero attached hydrogens (tertiary/aromatic N) is 12. The van der Waals surface area contributed by atoms with E-state index in [1.54, 1.807) is 11.8 Å². The molecule has 0 amide bonds. The fourth-order valence-corrected chi connectivity index (χ4v) is 23.9. The summed E-state index contributed by atoms with van der Waals surface area (Å²) >= 11 is 1.78. The predicted octanol–water partition coefficient (Wildman–Crippen LogP) is 32.3. The Morgan fingerprint density at radius 3 is 1.09 bits per heavy atom. The molecule has 2 aliphatic carbocycles. The van der Waals surface area contributed by atoms with E-state index in [9.17, 15) is 0 Å². The highest BCUT2D eigenvalue weighted by atomic mass is 32.2. The number of ether oxygens (including phenoxy) is 1. The maximum atomic E-state index is 7.44. The van der Waals surface area contributed by atoms with Crippen molar-refractivity contribution in [3.05, 3.63) is 530 Å². The van der Waals surface area contributed by atoms with Gasteiger partial charge in [-0.2, -0.15) is 0 Å². The van der Waals surface area contributed by atoms with E-state index in [1.165, 1.54) is 11.1 Å². The number of furan rings is 1. The zero-order valence-electron chi connectivity index (χ0n) is 79.8. The van der Waals surface area contributed by atoms with Gasteiger partial charge in [0, 0.05) is 92.9 Å². The third-order valence-corrected chi connectivity index (χ3v) is 30.6. The molecule has 4 aliphatic rings. The van der Waals surface area contributed by atoms with Gasteiger partial charge >= 0.3 is 0 Å². The molecule has 29 rings (SSSR count). The second kappa shape index (κ2) is 35.2. The van der Waals surface area contributed by atoms with Gasteiger partial charge in [-0.3, -0.25) is 0 Å². The number of hydrogen-bond donors (Lipinski definition) is 0. The Morgan fingerprint density at radius 1 is 0.168 bits per heavy atom. The van der Waals surface area contributed by atoms with Gasteiger partial charge in [0.25, 0.3) is 0 Å². The third-order valence-electron chi connectivity index (χ3n) is 29.4. The third kappa shape index (κ3) is 14.4. The molecule has 0 bridgehead atoms. The van der Waals surface area contributed by atoms with Crippen molar-refractivity contribution in [3.8, 4) is 215 Å². The van der Waals surface area contributed by atoms with Crippen molar-refractivity contribution in [2.75, 3.05) is 0 Å². The van der Waals surface area contributed by atoms with E-state index in [0.717, 1.165) is 199 Å². The van der Waals surface area contributed by atoms with Crippen LogP contribution in [0.3, 0.4) is 0 Å². The molecule has 25 aromatic rings. The Morgan fingerprint density at radius 2 is 0.503 bits per heavy atom. The van der Waals surface area contributed by atoms with Crippen molar-refractivity contribution in [3.63, 3.8) is 0 Å². The molecule has 2 spiro atoms. The van der Waals surface area contributed by atoms with Crippen LogP contribution in [0, 0.1) is 0 Å². The summed E-state index contributed by atoms with van der Waals surface area (Å²) in [5, 5.41) is 1.85. The number of hydrogen-bond acceptors (Lipinski definition) is 15. The van der Waals surface area contributed by atoms with E-state index in [0.29, 0.717) is 81.2 Å². The van der Waals surface area contributed by atoms with Crippen LogP contribution >= 0.6 is 11.8 Å². The molecule has 2 atom stereocenters. The van der Waals surface area contributed by atoms with Crippen molar-refractivity contribution in [2.45, 2.75) is 20.6 Å². The summed E-state index contributed by atoms with van der Waals surface area (Å²) in [6.45, 7) is 0. The highest BCUT2D eigenvalue weighted by Gasteiger charge is 2.54. The van der Waals surface area contributed by atoms with Crippen LogP contribution in [0.4, 0.5) is 0 Å². The Hall–Kier alpha value is -19.6. The predicted molar refractivity (Wildman–Crippen MR) is 593 cm³/mol. The van der Waals surface area contributed by atoms with Crippen LogP contribution in [0.15, 0.2) is 500 Å². The molecule has 2 aliphatic heterocycles. The first-order valence-electron chi connectivity index (χ1n) is 49.8. The fourth-order valence-electron chi connectivity index (χ4n) is 22.7. The quantitative estimate of drug-likeness (QED) is 0.0892. The Kier molecular flexibility index (Phi) is 20.3. The minimum atomic E-state index is -0.885. The molecule has 0 radical (unpaired) electrons. The maximum absolute atomic E-state index is 7.44. The van der Waals surface area contributed by atoms with Gasteiger partial charge in [0.15, 0.2) is 69.9 Å². The molecule has 7 heterocycles. The standard InChI is InChI=1S/C134H80N12O2S/c1-8-34-81(35-9-1)95-75-96(82-36-10-2-11-37-82)77-97(76-95)129-139-121(84-38-12-3-13-39-84)137-128(140-129)94-69-72-109-117(80-94)149-116-63-29-27-58-108(116)134(109)106-56-25-23-51-100(106)118-101(52-31-59-110(118)134)130-141-124(87-44-18-6-19-45-87)136-126(144-130)89-66-64-83(65-67-89)90-48-30-49-93(74-90)127-138-125(88-46-20-7-21-47-88)145-132(146-127)103-54-32-60-111-120(103)148-114-61-28-26-57-107(114)133(111)105-55-24-22-50-98(105)99-71-68-92(79-112(99)133)91-70-73-113-104(78-91)119-102(53-33-62-115(119)147-113)131-142-122(85-40-14-4-15-41-85)135-123(143-131)86-42-16-5-17-43-86/h1-80H. The first-order chi connectivity index (χ1) is 73.8. The van der Waals surface area contributed by atoms with Crippen LogP contribution < -0.4 is 4.74 Å². The lowest BCUT2D eigenvalue weighted by Gasteiger charge is -2.40. The normalized spacial score (nSPS) is 14.1. The SMILES string of the molecule is c1ccc(-c2cc(-c3ccccc3)cc(-c3nc(-c4ccccc4)nc(-c4ccc5c(c4)Sc4ccccc4C54c5ccccc5-c5c(-c6nc(-c7ccccc7)nc(-c7ccc(-c8cccc(-c9nc(-c%10ccccc%10)nc(-c%10cccc%11c%10Oc%10ccccc%10C%11%10c%11ccccc%11-c%11ccc(-c%12ccc%13oc%14cccc(-c%15nc(-c%16ccccc%16)nc(-c%16ccccc%16)n%15)c%14c%13c%12)cc%11%10)n9)c8)cc7)n6)cccc54)n3)c2)cc1. The van der Waals surface area contributed by atoms with E-state index >= 15 is 0 Å². The first-order valence-corrected chi connectivity index (χ1v) is 50.7. The molecule has 0 saturated carbocycles. The number of para-hydroxylation sites is 2. The fraction of sp³-hybridized carbons (Fsp3) is 0.0149. The number of aromatic nitrogens is 12. The summed E-state index contributed by atoms with van der Waals surface area (Å²) in [7, 11) is 0. The van der Waals surface area contributed by atoms with Gasteiger partial charge in [-0.25, -0.2) is 59.8 Å². The lowest BCUT2D eigenvalue weighted by atomic mass is 9.65. The minimum absolute atomic E-state index is 0.458. The Balaban J connectivity index is 0.518. The van der Waals surface area contributed by atoms with Crippen LogP contribution in [-0.4, -0.2) is 59.8 Å².